The lowest BCUT2D eigenvalue weighted by atomic mass is 9.95. The van der Waals surface area contributed by atoms with Crippen LogP contribution in [0, 0.1) is 0 Å². The minimum absolute atomic E-state index is 0.360. The summed E-state index contributed by atoms with van der Waals surface area (Å²) in [5, 5.41) is 0. The van der Waals surface area contributed by atoms with Gasteiger partial charge in [0.05, 0.1) is 0 Å². The highest BCUT2D eigenvalue weighted by atomic mass is 79.9. The van der Waals surface area contributed by atoms with E-state index in [9.17, 15) is 0 Å². The predicted molar refractivity (Wildman–Crippen MR) is 58.7 cm³/mol. The Morgan fingerprint density at radius 3 is 2.62 bits per heavy atom. The molecule has 1 saturated carbocycles. The van der Waals surface area contributed by atoms with Crippen molar-refractivity contribution in [1.29, 1.82) is 0 Å². The molecule has 2 heteroatoms. The quantitative estimate of drug-likeness (QED) is 0.802. The van der Waals surface area contributed by atoms with Gasteiger partial charge in [0.1, 0.15) is 0 Å². The molecule has 70 valence electrons. The summed E-state index contributed by atoms with van der Waals surface area (Å²) in [5.41, 5.74) is 7.44. The fourth-order valence-electron chi connectivity index (χ4n) is 2.15. The largest absolute Gasteiger partial charge is 0.327 e. The average molecular weight is 240 g/mol. The molecule has 2 N–H and O–H groups in total. The first-order valence-electron chi connectivity index (χ1n) is 4.79. The van der Waals surface area contributed by atoms with Crippen molar-refractivity contribution in [2.75, 3.05) is 0 Å². The van der Waals surface area contributed by atoms with E-state index in [1.54, 1.807) is 0 Å². The standard InChI is InChI=1S/C11H14BrN/c12-10-6-2-1-4-8(10)9-5-3-7-11(9)13/h1-2,4,6,9,11H,3,5,7,13H2. The van der Waals surface area contributed by atoms with Crippen molar-refractivity contribution in [2.45, 2.75) is 31.2 Å². The van der Waals surface area contributed by atoms with Gasteiger partial charge in [-0.05, 0) is 24.5 Å². The van der Waals surface area contributed by atoms with Crippen LogP contribution in [0.25, 0.3) is 0 Å². The van der Waals surface area contributed by atoms with Crippen molar-refractivity contribution in [3.8, 4) is 0 Å². The monoisotopic (exact) mass is 239 g/mol. The Hall–Kier alpha value is -0.340. The molecule has 1 nitrogen and oxygen atoms in total. The van der Waals surface area contributed by atoms with E-state index in [1.165, 1.54) is 29.3 Å². The Morgan fingerprint density at radius 2 is 2.00 bits per heavy atom. The molecule has 0 aromatic heterocycles. The van der Waals surface area contributed by atoms with Crippen LogP contribution in [-0.2, 0) is 0 Å². The maximum Gasteiger partial charge on any atom is 0.0210 e. The van der Waals surface area contributed by atoms with Gasteiger partial charge in [0.25, 0.3) is 0 Å². The van der Waals surface area contributed by atoms with Gasteiger partial charge in [-0.25, -0.2) is 0 Å². The van der Waals surface area contributed by atoms with Crippen LogP contribution in [0.15, 0.2) is 28.7 Å². The van der Waals surface area contributed by atoms with E-state index >= 15 is 0 Å². The van der Waals surface area contributed by atoms with E-state index < -0.39 is 0 Å². The Kier molecular flexibility index (Phi) is 2.70. The number of hydrogen-bond acceptors (Lipinski definition) is 1. The third kappa shape index (κ3) is 1.79. The maximum absolute atomic E-state index is 6.06. The smallest absolute Gasteiger partial charge is 0.0210 e. The first-order valence-corrected chi connectivity index (χ1v) is 5.58. The van der Waals surface area contributed by atoms with E-state index in [4.69, 9.17) is 5.73 Å². The first kappa shape index (κ1) is 9.22. The Morgan fingerprint density at radius 1 is 1.23 bits per heavy atom. The van der Waals surface area contributed by atoms with Crippen molar-refractivity contribution < 1.29 is 0 Å². The number of benzene rings is 1. The topological polar surface area (TPSA) is 26.0 Å². The highest BCUT2D eigenvalue weighted by molar-refractivity contribution is 9.10. The molecule has 0 heterocycles. The van der Waals surface area contributed by atoms with Gasteiger partial charge in [0.2, 0.25) is 0 Å². The van der Waals surface area contributed by atoms with Crippen molar-refractivity contribution >= 4 is 15.9 Å². The molecule has 2 atom stereocenters. The van der Waals surface area contributed by atoms with Crippen molar-refractivity contribution in [3.63, 3.8) is 0 Å². The molecular weight excluding hydrogens is 226 g/mol. The van der Waals surface area contributed by atoms with Crippen LogP contribution in [0.3, 0.4) is 0 Å². The molecule has 1 aromatic rings. The van der Waals surface area contributed by atoms with E-state index in [-0.39, 0.29) is 0 Å². The van der Waals surface area contributed by atoms with Crippen molar-refractivity contribution in [3.05, 3.63) is 34.3 Å². The lowest BCUT2D eigenvalue weighted by Gasteiger charge is -2.16. The summed E-state index contributed by atoms with van der Waals surface area (Å²) in [6.07, 6.45) is 3.68. The molecular formula is C11H14BrN. The summed E-state index contributed by atoms with van der Waals surface area (Å²) in [5.74, 6) is 0.565. The second-order valence-electron chi connectivity index (χ2n) is 3.72. The zero-order chi connectivity index (χ0) is 9.26. The molecule has 0 aliphatic heterocycles. The molecule has 0 spiro atoms. The van der Waals surface area contributed by atoms with Crippen molar-refractivity contribution in [1.82, 2.24) is 0 Å². The molecule has 1 fully saturated rings. The van der Waals surface area contributed by atoms with E-state index in [0.717, 1.165) is 0 Å². The summed E-state index contributed by atoms with van der Waals surface area (Å²) in [6, 6.07) is 8.78. The minimum atomic E-state index is 0.360. The zero-order valence-electron chi connectivity index (χ0n) is 7.54. The molecule has 1 aliphatic carbocycles. The molecule has 2 rings (SSSR count). The Labute approximate surface area is 87.5 Å². The summed E-state index contributed by atoms with van der Waals surface area (Å²) in [4.78, 5) is 0. The first-order chi connectivity index (χ1) is 6.29. The van der Waals surface area contributed by atoms with Crippen molar-refractivity contribution in [2.24, 2.45) is 5.73 Å². The van der Waals surface area contributed by atoms with Gasteiger partial charge in [-0.3, -0.25) is 0 Å². The van der Waals surface area contributed by atoms with Crippen LogP contribution < -0.4 is 5.73 Å². The van der Waals surface area contributed by atoms with E-state index in [2.05, 4.69) is 34.1 Å². The molecule has 0 bridgehead atoms. The SMILES string of the molecule is NC1CCCC1c1ccccc1Br. The molecule has 0 saturated heterocycles. The number of hydrogen-bond donors (Lipinski definition) is 1. The number of rotatable bonds is 1. The number of halogens is 1. The second kappa shape index (κ2) is 3.81. The number of nitrogens with two attached hydrogens (primary N) is 1. The molecule has 0 radical (unpaired) electrons. The van der Waals surface area contributed by atoms with Gasteiger partial charge >= 0.3 is 0 Å². The lowest BCUT2D eigenvalue weighted by Crippen LogP contribution is -2.22. The molecule has 2 unspecified atom stereocenters. The second-order valence-corrected chi connectivity index (χ2v) is 4.58. The van der Waals surface area contributed by atoms with Crippen LogP contribution in [0.5, 0.6) is 0 Å². The van der Waals surface area contributed by atoms with Crippen LogP contribution in [0.4, 0.5) is 0 Å². The minimum Gasteiger partial charge on any atom is -0.327 e. The molecule has 1 aromatic carbocycles. The summed E-state index contributed by atoms with van der Waals surface area (Å²) in [7, 11) is 0. The summed E-state index contributed by atoms with van der Waals surface area (Å²) < 4.78 is 1.21. The predicted octanol–water partition coefficient (Wildman–Crippen LogP) is 3.04. The Balaban J connectivity index is 2.29. The van der Waals surface area contributed by atoms with E-state index in [1.807, 2.05) is 6.07 Å². The third-order valence-corrected chi connectivity index (χ3v) is 3.60. The lowest BCUT2D eigenvalue weighted by molar-refractivity contribution is 0.611. The van der Waals surface area contributed by atoms with Crippen LogP contribution in [0.1, 0.15) is 30.7 Å². The fourth-order valence-corrected chi connectivity index (χ4v) is 2.73. The van der Waals surface area contributed by atoms with Crippen LogP contribution in [0.2, 0.25) is 0 Å². The van der Waals surface area contributed by atoms with Gasteiger partial charge in [0.15, 0.2) is 0 Å². The zero-order valence-corrected chi connectivity index (χ0v) is 9.13. The van der Waals surface area contributed by atoms with Gasteiger partial charge < -0.3 is 5.73 Å². The van der Waals surface area contributed by atoms with E-state index in [0.29, 0.717) is 12.0 Å². The molecule has 1 aliphatic rings. The van der Waals surface area contributed by atoms with Gasteiger partial charge in [-0.15, -0.1) is 0 Å². The van der Waals surface area contributed by atoms with Gasteiger partial charge in [-0.2, -0.15) is 0 Å². The van der Waals surface area contributed by atoms with Crippen LogP contribution in [-0.4, -0.2) is 6.04 Å². The summed E-state index contributed by atoms with van der Waals surface area (Å²) in [6.45, 7) is 0. The fraction of sp³-hybridized carbons (Fsp3) is 0.455. The molecule has 0 amide bonds. The molecule has 13 heavy (non-hydrogen) atoms. The van der Waals surface area contributed by atoms with Crippen LogP contribution >= 0.6 is 15.9 Å². The maximum atomic E-state index is 6.06. The highest BCUT2D eigenvalue weighted by Crippen LogP contribution is 2.36. The van der Waals surface area contributed by atoms with Gasteiger partial charge in [-0.1, -0.05) is 40.5 Å². The highest BCUT2D eigenvalue weighted by Gasteiger charge is 2.26. The van der Waals surface area contributed by atoms with Gasteiger partial charge in [0, 0.05) is 16.4 Å². The Bertz CT molecular complexity index is 298. The summed E-state index contributed by atoms with van der Waals surface area (Å²) >= 11 is 3.58. The average Bonchev–Trinajstić information content (AvgIpc) is 2.52. The normalized spacial score (nSPS) is 27.8. The third-order valence-electron chi connectivity index (χ3n) is 2.87.